The Bertz CT molecular complexity index is 666. The van der Waals surface area contributed by atoms with Gasteiger partial charge in [-0.3, -0.25) is 4.79 Å². The van der Waals surface area contributed by atoms with E-state index in [2.05, 4.69) is 0 Å². The van der Waals surface area contributed by atoms with Crippen LogP contribution in [0.4, 0.5) is 5.69 Å². The Labute approximate surface area is 132 Å². The quantitative estimate of drug-likeness (QED) is 0.849. The molecule has 0 aromatic heterocycles. The molecule has 0 unspecified atom stereocenters. The van der Waals surface area contributed by atoms with Crippen LogP contribution in [-0.4, -0.2) is 44.0 Å². The first-order valence-electron chi connectivity index (χ1n) is 7.82. The zero-order chi connectivity index (χ0) is 15.7. The Kier molecular flexibility index (Phi) is 4.23. The highest BCUT2D eigenvalue weighted by atomic mass is 32.2. The average Bonchev–Trinajstić information content (AvgIpc) is 3.12. The number of nitrogens with zero attached hydrogens (tertiary/aromatic N) is 2. The van der Waals surface area contributed by atoms with E-state index in [4.69, 9.17) is 0 Å². The van der Waals surface area contributed by atoms with Gasteiger partial charge in [0.15, 0.2) is 0 Å². The third-order valence-electron chi connectivity index (χ3n) is 4.64. The maximum Gasteiger partial charge on any atom is 0.242 e. The number of carbonyl (C=O) groups is 1. The van der Waals surface area contributed by atoms with Gasteiger partial charge in [0.25, 0.3) is 0 Å². The van der Waals surface area contributed by atoms with Crippen LogP contribution in [0.3, 0.4) is 0 Å². The fourth-order valence-electron chi connectivity index (χ4n) is 3.53. The predicted molar refractivity (Wildman–Crippen MR) is 86.3 cm³/mol. The molecule has 22 heavy (non-hydrogen) atoms. The van der Waals surface area contributed by atoms with Crippen molar-refractivity contribution in [3.8, 4) is 0 Å². The molecule has 1 aliphatic heterocycles. The lowest BCUT2D eigenvalue weighted by Gasteiger charge is -2.28. The summed E-state index contributed by atoms with van der Waals surface area (Å²) in [4.78, 5) is 14.4. The Morgan fingerprint density at radius 1 is 1.27 bits per heavy atom. The molecule has 1 aromatic rings. The largest absolute Gasteiger partial charge is 0.311 e. The molecule has 0 N–H and O–H groups in total. The summed E-state index contributed by atoms with van der Waals surface area (Å²) >= 11 is 0. The highest BCUT2D eigenvalue weighted by molar-refractivity contribution is 7.88. The van der Waals surface area contributed by atoms with Crippen LogP contribution in [0.2, 0.25) is 0 Å². The van der Waals surface area contributed by atoms with E-state index >= 15 is 0 Å². The van der Waals surface area contributed by atoms with Crippen molar-refractivity contribution in [2.24, 2.45) is 0 Å². The minimum atomic E-state index is -3.36. The smallest absolute Gasteiger partial charge is 0.242 e. The van der Waals surface area contributed by atoms with Crippen molar-refractivity contribution in [2.75, 3.05) is 24.2 Å². The topological polar surface area (TPSA) is 57.7 Å². The Morgan fingerprint density at radius 3 is 2.64 bits per heavy atom. The number of hydrogen-bond acceptors (Lipinski definition) is 3. The van der Waals surface area contributed by atoms with Gasteiger partial charge < -0.3 is 4.90 Å². The van der Waals surface area contributed by atoms with Crippen LogP contribution < -0.4 is 4.90 Å². The Balaban J connectivity index is 1.77. The summed E-state index contributed by atoms with van der Waals surface area (Å²) in [6.45, 7) is 0.596. The molecule has 1 heterocycles. The van der Waals surface area contributed by atoms with Gasteiger partial charge in [0.1, 0.15) is 0 Å². The van der Waals surface area contributed by atoms with E-state index in [0.29, 0.717) is 6.54 Å². The second-order valence-corrected chi connectivity index (χ2v) is 8.11. The molecule has 1 saturated carbocycles. The first-order valence-corrected chi connectivity index (χ1v) is 9.67. The van der Waals surface area contributed by atoms with Gasteiger partial charge in [0, 0.05) is 18.3 Å². The van der Waals surface area contributed by atoms with Crippen molar-refractivity contribution in [1.29, 1.82) is 0 Å². The van der Waals surface area contributed by atoms with E-state index in [9.17, 15) is 13.2 Å². The van der Waals surface area contributed by atoms with Crippen LogP contribution in [0.5, 0.6) is 0 Å². The normalized spacial score (nSPS) is 18.9. The molecule has 1 aromatic carbocycles. The van der Waals surface area contributed by atoms with Crippen LogP contribution >= 0.6 is 0 Å². The van der Waals surface area contributed by atoms with Crippen LogP contribution in [0.25, 0.3) is 0 Å². The van der Waals surface area contributed by atoms with E-state index in [-0.39, 0.29) is 18.5 Å². The number of rotatable bonds is 4. The molecular formula is C16H22N2O3S. The molecule has 1 aliphatic carbocycles. The fourth-order valence-corrected chi connectivity index (χ4v) is 4.62. The zero-order valence-electron chi connectivity index (χ0n) is 12.9. The molecule has 120 valence electrons. The molecule has 1 fully saturated rings. The highest BCUT2D eigenvalue weighted by Gasteiger charge is 2.33. The number of amides is 1. The maximum atomic E-state index is 12.6. The summed E-state index contributed by atoms with van der Waals surface area (Å²) in [6, 6.07) is 7.81. The van der Waals surface area contributed by atoms with Gasteiger partial charge in [0.2, 0.25) is 15.9 Å². The molecule has 1 amide bonds. The van der Waals surface area contributed by atoms with Crippen molar-refractivity contribution < 1.29 is 13.2 Å². The van der Waals surface area contributed by atoms with Crippen molar-refractivity contribution in [3.05, 3.63) is 29.8 Å². The minimum absolute atomic E-state index is 0.0169. The SMILES string of the molecule is CS(=O)(=O)N(CC(=O)N1CCc2ccccc21)C1CCCC1. The van der Waals surface area contributed by atoms with Crippen molar-refractivity contribution in [2.45, 2.75) is 38.1 Å². The number of sulfonamides is 1. The van der Waals surface area contributed by atoms with Gasteiger partial charge in [-0.25, -0.2) is 8.42 Å². The minimum Gasteiger partial charge on any atom is -0.311 e. The van der Waals surface area contributed by atoms with Gasteiger partial charge in [0.05, 0.1) is 12.8 Å². The first-order chi connectivity index (χ1) is 10.5. The third kappa shape index (κ3) is 3.03. The van der Waals surface area contributed by atoms with E-state index in [1.165, 1.54) is 10.6 Å². The van der Waals surface area contributed by atoms with Crippen LogP contribution in [0.15, 0.2) is 24.3 Å². The molecule has 6 heteroatoms. The maximum absolute atomic E-state index is 12.6. The van der Waals surface area contributed by atoms with Crippen LogP contribution in [0.1, 0.15) is 31.2 Å². The summed E-state index contributed by atoms with van der Waals surface area (Å²) < 4.78 is 25.5. The lowest BCUT2D eigenvalue weighted by molar-refractivity contribution is -0.119. The summed E-state index contributed by atoms with van der Waals surface area (Å²) in [5.41, 5.74) is 2.08. The Morgan fingerprint density at radius 2 is 1.95 bits per heavy atom. The monoisotopic (exact) mass is 322 g/mol. The van der Waals surface area contributed by atoms with Gasteiger partial charge in [-0.15, -0.1) is 0 Å². The third-order valence-corrected chi connectivity index (χ3v) is 5.92. The zero-order valence-corrected chi connectivity index (χ0v) is 13.7. The molecular weight excluding hydrogens is 300 g/mol. The predicted octanol–water partition coefficient (Wildman–Crippen LogP) is 1.78. The molecule has 3 rings (SSSR count). The van der Waals surface area contributed by atoms with E-state index in [1.54, 1.807) is 4.90 Å². The summed E-state index contributed by atoms with van der Waals surface area (Å²) in [5, 5.41) is 0. The van der Waals surface area contributed by atoms with E-state index in [0.717, 1.165) is 43.4 Å². The van der Waals surface area contributed by atoms with Crippen molar-refractivity contribution >= 4 is 21.6 Å². The second kappa shape index (κ2) is 6.01. The molecule has 2 aliphatic rings. The Hall–Kier alpha value is -1.40. The van der Waals surface area contributed by atoms with E-state index < -0.39 is 10.0 Å². The summed E-state index contributed by atoms with van der Waals surface area (Å²) in [6.07, 6.45) is 5.84. The number of fused-ring (bicyclic) bond motifs is 1. The molecule has 0 saturated heterocycles. The summed E-state index contributed by atoms with van der Waals surface area (Å²) in [5.74, 6) is -0.123. The van der Waals surface area contributed by atoms with Crippen molar-refractivity contribution in [3.63, 3.8) is 0 Å². The lowest BCUT2D eigenvalue weighted by atomic mass is 10.2. The molecule has 0 spiro atoms. The number of carbonyl (C=O) groups excluding carboxylic acids is 1. The molecule has 0 bridgehead atoms. The average molecular weight is 322 g/mol. The number of benzene rings is 1. The van der Waals surface area contributed by atoms with Gasteiger partial charge >= 0.3 is 0 Å². The number of para-hydroxylation sites is 1. The highest BCUT2D eigenvalue weighted by Crippen LogP contribution is 2.29. The van der Waals surface area contributed by atoms with Crippen LogP contribution in [0, 0.1) is 0 Å². The first kappa shape index (κ1) is 15.5. The fraction of sp³-hybridized carbons (Fsp3) is 0.562. The van der Waals surface area contributed by atoms with Gasteiger partial charge in [-0.2, -0.15) is 4.31 Å². The number of hydrogen-bond donors (Lipinski definition) is 0. The summed E-state index contributed by atoms with van der Waals surface area (Å²) in [7, 11) is -3.36. The molecule has 0 radical (unpaired) electrons. The lowest BCUT2D eigenvalue weighted by Crippen LogP contribution is -2.46. The molecule has 0 atom stereocenters. The van der Waals surface area contributed by atoms with Crippen molar-refractivity contribution in [1.82, 2.24) is 4.31 Å². The van der Waals surface area contributed by atoms with Gasteiger partial charge in [-0.05, 0) is 30.9 Å². The van der Waals surface area contributed by atoms with Gasteiger partial charge in [-0.1, -0.05) is 31.0 Å². The second-order valence-electron chi connectivity index (χ2n) is 6.17. The van der Waals surface area contributed by atoms with Crippen LogP contribution in [-0.2, 0) is 21.2 Å². The standard InChI is InChI=1S/C16H22N2O3S/c1-22(20,21)18(14-7-3-4-8-14)12-16(19)17-11-10-13-6-2-5-9-15(13)17/h2,5-6,9,14H,3-4,7-8,10-12H2,1H3. The van der Waals surface area contributed by atoms with E-state index in [1.807, 2.05) is 24.3 Å². The number of anilines is 1. The molecule has 5 nitrogen and oxygen atoms in total.